The molecule has 0 unspecified atom stereocenters. The third-order valence-corrected chi connectivity index (χ3v) is 7.14. The van der Waals surface area contributed by atoms with Gasteiger partial charge in [-0.25, -0.2) is 4.79 Å². The molecule has 2 saturated heterocycles. The smallest absolute Gasteiger partial charge is 0.412 e. The Labute approximate surface area is 233 Å². The summed E-state index contributed by atoms with van der Waals surface area (Å²) in [7, 11) is 0. The van der Waals surface area contributed by atoms with E-state index in [1.54, 1.807) is 35.5 Å². The minimum atomic E-state index is -0.598. The Morgan fingerprint density at radius 1 is 0.825 bits per heavy atom. The lowest BCUT2D eigenvalue weighted by molar-refractivity contribution is 0.0743. The second kappa shape index (κ2) is 13.1. The van der Waals surface area contributed by atoms with Crippen LogP contribution in [0.3, 0.4) is 0 Å². The van der Waals surface area contributed by atoms with Gasteiger partial charge in [-0.3, -0.25) is 19.9 Å². The molecule has 40 heavy (non-hydrogen) atoms. The number of carbonyl (C=O) groups excluding carboxylic acids is 3. The standard InChI is InChI=1S/C30H34N6O4/c37-28(35-14-5-12-31-13-15-35)24-9-10-27(26(20-24)33-30(39)40-22-23-6-2-1-3-7-23)34-16-18-36(19-17-34)29(38)25-8-4-11-32-21-25/h1-4,6-11,20-21,31H,5,12-19,22H2,(H,33,39). The van der Waals surface area contributed by atoms with Gasteiger partial charge in [-0.2, -0.15) is 0 Å². The molecule has 3 heterocycles. The number of carbonyl (C=O) groups is 3. The third kappa shape index (κ3) is 6.76. The predicted molar refractivity (Wildman–Crippen MR) is 152 cm³/mol. The van der Waals surface area contributed by atoms with E-state index in [9.17, 15) is 14.4 Å². The van der Waals surface area contributed by atoms with Gasteiger partial charge in [0, 0.05) is 63.8 Å². The number of aromatic nitrogens is 1. The molecule has 2 aliphatic heterocycles. The van der Waals surface area contributed by atoms with Crippen molar-refractivity contribution in [3.8, 4) is 0 Å². The van der Waals surface area contributed by atoms with E-state index in [0.717, 1.165) is 30.8 Å². The maximum atomic E-state index is 13.3. The molecule has 2 aromatic carbocycles. The molecule has 0 aliphatic carbocycles. The third-order valence-electron chi connectivity index (χ3n) is 7.14. The number of nitrogens with one attached hydrogen (secondary N) is 2. The molecule has 3 amide bonds. The normalized spacial score (nSPS) is 15.8. The zero-order chi connectivity index (χ0) is 27.7. The summed E-state index contributed by atoms with van der Waals surface area (Å²) < 4.78 is 5.47. The molecule has 0 spiro atoms. The van der Waals surface area contributed by atoms with Crippen molar-refractivity contribution in [2.75, 3.05) is 62.6 Å². The molecule has 0 bridgehead atoms. The van der Waals surface area contributed by atoms with Gasteiger partial charge in [0.1, 0.15) is 6.61 Å². The summed E-state index contributed by atoms with van der Waals surface area (Å²) in [5.41, 5.74) is 3.23. The van der Waals surface area contributed by atoms with Crippen LogP contribution in [0, 0.1) is 0 Å². The molecule has 2 fully saturated rings. The summed E-state index contributed by atoms with van der Waals surface area (Å²) >= 11 is 0. The van der Waals surface area contributed by atoms with Crippen molar-refractivity contribution in [2.24, 2.45) is 0 Å². The Morgan fingerprint density at radius 2 is 1.60 bits per heavy atom. The van der Waals surface area contributed by atoms with E-state index in [4.69, 9.17) is 4.74 Å². The van der Waals surface area contributed by atoms with Crippen LogP contribution in [0.5, 0.6) is 0 Å². The van der Waals surface area contributed by atoms with Crippen molar-refractivity contribution in [1.82, 2.24) is 20.1 Å². The topological polar surface area (TPSA) is 107 Å². The lowest BCUT2D eigenvalue weighted by atomic mass is 10.1. The summed E-state index contributed by atoms with van der Waals surface area (Å²) in [4.78, 5) is 48.9. The summed E-state index contributed by atoms with van der Waals surface area (Å²) in [5.74, 6) is -0.119. The number of hydrogen-bond acceptors (Lipinski definition) is 7. The Morgan fingerprint density at radius 3 is 2.38 bits per heavy atom. The maximum Gasteiger partial charge on any atom is 0.412 e. The van der Waals surface area contributed by atoms with Crippen molar-refractivity contribution >= 4 is 29.3 Å². The molecule has 0 atom stereocenters. The zero-order valence-electron chi connectivity index (χ0n) is 22.4. The number of ether oxygens (including phenoxy) is 1. The van der Waals surface area contributed by atoms with Crippen molar-refractivity contribution in [3.63, 3.8) is 0 Å². The van der Waals surface area contributed by atoms with Gasteiger partial charge in [0.25, 0.3) is 11.8 Å². The van der Waals surface area contributed by atoms with Crippen LogP contribution >= 0.6 is 0 Å². The molecule has 5 rings (SSSR count). The van der Waals surface area contributed by atoms with E-state index < -0.39 is 6.09 Å². The quantitative estimate of drug-likeness (QED) is 0.493. The molecule has 3 aromatic rings. The van der Waals surface area contributed by atoms with Crippen molar-refractivity contribution in [1.29, 1.82) is 0 Å². The van der Waals surface area contributed by atoms with Crippen molar-refractivity contribution in [2.45, 2.75) is 13.0 Å². The minimum absolute atomic E-state index is 0.0523. The number of benzene rings is 2. The number of piperazine rings is 1. The van der Waals surface area contributed by atoms with Crippen LogP contribution < -0.4 is 15.5 Å². The molecule has 2 N–H and O–H groups in total. The van der Waals surface area contributed by atoms with Crippen molar-refractivity contribution < 1.29 is 19.1 Å². The van der Waals surface area contributed by atoms with Gasteiger partial charge in [-0.1, -0.05) is 30.3 Å². The summed E-state index contributed by atoms with van der Waals surface area (Å²) in [6.07, 6.45) is 3.52. The van der Waals surface area contributed by atoms with E-state index in [2.05, 4.69) is 20.5 Å². The monoisotopic (exact) mass is 542 g/mol. The van der Waals surface area contributed by atoms with E-state index in [1.807, 2.05) is 47.4 Å². The second-order valence-electron chi connectivity index (χ2n) is 9.84. The zero-order valence-corrected chi connectivity index (χ0v) is 22.4. The molecule has 10 nitrogen and oxygen atoms in total. The number of amides is 3. The Hall–Kier alpha value is -4.44. The molecule has 1 aromatic heterocycles. The van der Waals surface area contributed by atoms with Gasteiger partial charge < -0.3 is 24.8 Å². The molecule has 0 saturated carbocycles. The van der Waals surface area contributed by atoms with E-state index >= 15 is 0 Å². The lowest BCUT2D eigenvalue weighted by Crippen LogP contribution is -2.49. The first-order valence-electron chi connectivity index (χ1n) is 13.6. The van der Waals surface area contributed by atoms with Crippen LogP contribution in [0.25, 0.3) is 0 Å². The number of rotatable bonds is 6. The fourth-order valence-electron chi connectivity index (χ4n) is 4.97. The molecule has 2 aliphatic rings. The second-order valence-corrected chi connectivity index (χ2v) is 9.84. The number of hydrogen-bond donors (Lipinski definition) is 2. The van der Waals surface area contributed by atoms with Gasteiger partial charge in [0.2, 0.25) is 0 Å². The van der Waals surface area contributed by atoms with Gasteiger partial charge >= 0.3 is 6.09 Å². The first kappa shape index (κ1) is 27.1. The molecule has 0 radical (unpaired) electrons. The first-order chi connectivity index (χ1) is 19.6. The number of anilines is 2. The number of nitrogens with zero attached hydrogens (tertiary/aromatic N) is 4. The highest BCUT2D eigenvalue weighted by Crippen LogP contribution is 2.29. The van der Waals surface area contributed by atoms with Crippen LogP contribution in [-0.2, 0) is 11.3 Å². The van der Waals surface area contributed by atoms with Gasteiger partial charge in [-0.05, 0) is 48.9 Å². The fraction of sp³-hybridized carbons (Fsp3) is 0.333. The van der Waals surface area contributed by atoms with Crippen molar-refractivity contribution in [3.05, 3.63) is 89.7 Å². The highest BCUT2D eigenvalue weighted by atomic mass is 16.5. The fourth-order valence-corrected chi connectivity index (χ4v) is 4.97. The van der Waals surface area contributed by atoms with E-state index in [1.165, 1.54) is 0 Å². The van der Waals surface area contributed by atoms with Crippen LogP contribution in [0.2, 0.25) is 0 Å². The van der Waals surface area contributed by atoms with Gasteiger partial charge in [-0.15, -0.1) is 0 Å². The average Bonchev–Trinajstić information content (AvgIpc) is 3.30. The highest BCUT2D eigenvalue weighted by molar-refractivity contribution is 5.99. The SMILES string of the molecule is O=C(Nc1cc(C(=O)N2CCCNCC2)ccc1N1CCN(C(=O)c2cccnc2)CC1)OCc1ccccc1. The van der Waals surface area contributed by atoms with Crippen LogP contribution in [0.4, 0.5) is 16.2 Å². The number of pyridine rings is 1. The average molecular weight is 543 g/mol. The summed E-state index contributed by atoms with van der Waals surface area (Å²) in [5, 5.41) is 6.19. The lowest BCUT2D eigenvalue weighted by Gasteiger charge is -2.37. The molecule has 208 valence electrons. The molecular formula is C30H34N6O4. The minimum Gasteiger partial charge on any atom is -0.444 e. The summed E-state index contributed by atoms with van der Waals surface area (Å²) in [6.45, 7) is 5.28. The van der Waals surface area contributed by atoms with Gasteiger partial charge in [0.05, 0.1) is 16.9 Å². The maximum absolute atomic E-state index is 13.3. The molecule has 10 heteroatoms. The Kier molecular flexibility index (Phi) is 8.87. The van der Waals surface area contributed by atoms with Crippen LogP contribution in [0.15, 0.2) is 73.1 Å². The van der Waals surface area contributed by atoms with Crippen LogP contribution in [-0.4, -0.2) is 85.0 Å². The van der Waals surface area contributed by atoms with E-state index in [-0.39, 0.29) is 18.4 Å². The Balaban J connectivity index is 1.31. The van der Waals surface area contributed by atoms with Gasteiger partial charge in [0.15, 0.2) is 0 Å². The highest BCUT2D eigenvalue weighted by Gasteiger charge is 2.26. The first-order valence-corrected chi connectivity index (χ1v) is 13.6. The predicted octanol–water partition coefficient (Wildman–Crippen LogP) is 3.23. The largest absolute Gasteiger partial charge is 0.444 e. The van der Waals surface area contributed by atoms with Crippen LogP contribution in [0.1, 0.15) is 32.7 Å². The summed E-state index contributed by atoms with van der Waals surface area (Å²) in [6, 6.07) is 18.4. The van der Waals surface area contributed by atoms with E-state index in [0.29, 0.717) is 56.1 Å². The Bertz CT molecular complexity index is 1300. The molecular weight excluding hydrogens is 508 g/mol.